The molecule has 1 fully saturated rings. The number of hydrogen-bond acceptors (Lipinski definition) is 6. The SMILES string of the molecule is COC(=O)C(CNN1CCN(C)CC1)NC(C)=O. The molecule has 104 valence electrons. The van der Waals surface area contributed by atoms with Crippen LogP contribution in [0.3, 0.4) is 0 Å². The van der Waals surface area contributed by atoms with Crippen LogP contribution < -0.4 is 10.7 Å². The second kappa shape index (κ2) is 7.30. The van der Waals surface area contributed by atoms with Gasteiger partial charge in [0.15, 0.2) is 0 Å². The van der Waals surface area contributed by atoms with E-state index in [-0.39, 0.29) is 5.91 Å². The van der Waals surface area contributed by atoms with Gasteiger partial charge in [0.2, 0.25) is 5.91 Å². The Balaban J connectivity index is 2.36. The number of amides is 1. The number of rotatable bonds is 5. The highest BCUT2D eigenvalue weighted by molar-refractivity contribution is 5.83. The molecule has 1 saturated heterocycles. The zero-order valence-corrected chi connectivity index (χ0v) is 11.2. The van der Waals surface area contributed by atoms with E-state index in [1.54, 1.807) is 0 Å². The average molecular weight is 258 g/mol. The van der Waals surface area contributed by atoms with Gasteiger partial charge in [0.1, 0.15) is 6.04 Å². The van der Waals surface area contributed by atoms with Crippen molar-refractivity contribution in [2.24, 2.45) is 0 Å². The van der Waals surface area contributed by atoms with Gasteiger partial charge in [0, 0.05) is 39.6 Å². The van der Waals surface area contributed by atoms with Crippen molar-refractivity contribution in [1.82, 2.24) is 20.7 Å². The number of likely N-dealkylation sites (N-methyl/N-ethyl adjacent to an activating group) is 1. The van der Waals surface area contributed by atoms with Crippen molar-refractivity contribution < 1.29 is 14.3 Å². The molecular formula is C11H22N4O3. The first-order valence-electron chi connectivity index (χ1n) is 6.05. The average Bonchev–Trinajstić information content (AvgIpc) is 2.35. The molecule has 1 unspecified atom stereocenters. The van der Waals surface area contributed by atoms with Gasteiger partial charge in [-0.05, 0) is 7.05 Å². The molecule has 0 bridgehead atoms. The maximum atomic E-state index is 11.5. The number of esters is 1. The Morgan fingerprint density at radius 3 is 2.39 bits per heavy atom. The minimum Gasteiger partial charge on any atom is -0.467 e. The van der Waals surface area contributed by atoms with E-state index in [2.05, 4.69) is 32.4 Å². The molecule has 1 heterocycles. The molecule has 1 aliphatic heterocycles. The third-order valence-corrected chi connectivity index (χ3v) is 2.89. The van der Waals surface area contributed by atoms with Crippen LogP contribution in [0.2, 0.25) is 0 Å². The highest BCUT2D eigenvalue weighted by atomic mass is 16.5. The summed E-state index contributed by atoms with van der Waals surface area (Å²) in [7, 11) is 3.39. The summed E-state index contributed by atoms with van der Waals surface area (Å²) in [5.74, 6) is -0.683. The summed E-state index contributed by atoms with van der Waals surface area (Å²) < 4.78 is 4.65. The molecule has 1 atom stereocenters. The second-order valence-electron chi connectivity index (χ2n) is 4.43. The molecule has 0 aromatic heterocycles. The lowest BCUT2D eigenvalue weighted by atomic mass is 10.3. The summed E-state index contributed by atoms with van der Waals surface area (Å²) in [6, 6.07) is -0.646. The molecule has 1 aliphatic rings. The van der Waals surface area contributed by atoms with Gasteiger partial charge in [-0.25, -0.2) is 9.80 Å². The number of nitrogens with zero attached hydrogens (tertiary/aromatic N) is 2. The number of nitrogens with one attached hydrogen (secondary N) is 2. The van der Waals surface area contributed by atoms with Gasteiger partial charge in [-0.15, -0.1) is 0 Å². The van der Waals surface area contributed by atoms with Gasteiger partial charge < -0.3 is 15.0 Å². The van der Waals surface area contributed by atoms with Crippen molar-refractivity contribution in [3.63, 3.8) is 0 Å². The Morgan fingerprint density at radius 1 is 1.28 bits per heavy atom. The number of piperazine rings is 1. The first-order valence-corrected chi connectivity index (χ1v) is 6.05. The molecular weight excluding hydrogens is 236 g/mol. The maximum absolute atomic E-state index is 11.5. The first-order chi connectivity index (χ1) is 8.52. The molecule has 0 aromatic rings. The number of carbonyl (C=O) groups excluding carboxylic acids is 2. The minimum atomic E-state index is -0.646. The molecule has 1 rings (SSSR count). The quantitative estimate of drug-likeness (QED) is 0.580. The predicted molar refractivity (Wildman–Crippen MR) is 66.7 cm³/mol. The maximum Gasteiger partial charge on any atom is 0.329 e. The van der Waals surface area contributed by atoms with Crippen molar-refractivity contribution in [2.75, 3.05) is 46.9 Å². The van der Waals surface area contributed by atoms with Gasteiger partial charge in [-0.3, -0.25) is 10.2 Å². The minimum absolute atomic E-state index is 0.245. The smallest absolute Gasteiger partial charge is 0.329 e. The van der Waals surface area contributed by atoms with Gasteiger partial charge in [0.25, 0.3) is 0 Å². The van der Waals surface area contributed by atoms with Crippen LogP contribution in [0.25, 0.3) is 0 Å². The van der Waals surface area contributed by atoms with Crippen LogP contribution in [-0.4, -0.2) is 74.7 Å². The normalized spacial score (nSPS) is 19.3. The van der Waals surface area contributed by atoms with Crippen molar-refractivity contribution in [3.8, 4) is 0 Å². The predicted octanol–water partition coefficient (Wildman–Crippen LogP) is -1.58. The van der Waals surface area contributed by atoms with Crippen molar-refractivity contribution in [3.05, 3.63) is 0 Å². The van der Waals surface area contributed by atoms with Crippen LogP contribution in [-0.2, 0) is 14.3 Å². The monoisotopic (exact) mass is 258 g/mol. The fourth-order valence-corrected chi connectivity index (χ4v) is 1.77. The summed E-state index contributed by atoms with van der Waals surface area (Å²) in [4.78, 5) is 24.7. The number of ether oxygens (including phenoxy) is 1. The fourth-order valence-electron chi connectivity index (χ4n) is 1.77. The van der Waals surface area contributed by atoms with Gasteiger partial charge in [-0.1, -0.05) is 0 Å². The summed E-state index contributed by atoms with van der Waals surface area (Å²) in [5.41, 5.74) is 3.15. The number of hydrogen-bond donors (Lipinski definition) is 2. The first kappa shape index (κ1) is 14.9. The van der Waals surface area contributed by atoms with Crippen LogP contribution in [0.4, 0.5) is 0 Å². The Bertz CT molecular complexity index is 290. The van der Waals surface area contributed by atoms with E-state index in [0.29, 0.717) is 6.54 Å². The van der Waals surface area contributed by atoms with Crippen molar-refractivity contribution in [1.29, 1.82) is 0 Å². The van der Waals surface area contributed by atoms with Crippen LogP contribution in [0, 0.1) is 0 Å². The van der Waals surface area contributed by atoms with Crippen molar-refractivity contribution >= 4 is 11.9 Å². The molecule has 0 aromatic carbocycles. The number of carbonyl (C=O) groups is 2. The topological polar surface area (TPSA) is 73.9 Å². The fraction of sp³-hybridized carbons (Fsp3) is 0.818. The van der Waals surface area contributed by atoms with Crippen LogP contribution in [0.5, 0.6) is 0 Å². The third-order valence-electron chi connectivity index (χ3n) is 2.89. The van der Waals surface area contributed by atoms with E-state index in [1.807, 2.05) is 0 Å². The van der Waals surface area contributed by atoms with E-state index in [9.17, 15) is 9.59 Å². The molecule has 0 saturated carbocycles. The van der Waals surface area contributed by atoms with Crippen LogP contribution in [0.1, 0.15) is 6.92 Å². The van der Waals surface area contributed by atoms with E-state index in [4.69, 9.17) is 0 Å². The Hall–Kier alpha value is -1.18. The van der Waals surface area contributed by atoms with Gasteiger partial charge in [0.05, 0.1) is 7.11 Å². The van der Waals surface area contributed by atoms with E-state index >= 15 is 0 Å². The molecule has 1 amide bonds. The van der Waals surface area contributed by atoms with E-state index < -0.39 is 12.0 Å². The summed E-state index contributed by atoms with van der Waals surface area (Å²) in [5, 5.41) is 4.62. The van der Waals surface area contributed by atoms with Crippen molar-refractivity contribution in [2.45, 2.75) is 13.0 Å². The molecule has 0 aliphatic carbocycles. The zero-order valence-electron chi connectivity index (χ0n) is 11.2. The lowest BCUT2D eigenvalue weighted by Gasteiger charge is -2.33. The molecule has 2 N–H and O–H groups in total. The van der Waals surface area contributed by atoms with Crippen LogP contribution in [0.15, 0.2) is 0 Å². The third kappa shape index (κ3) is 4.99. The highest BCUT2D eigenvalue weighted by Crippen LogP contribution is 1.96. The Labute approximate surface area is 107 Å². The summed E-state index contributed by atoms with van der Waals surface area (Å²) >= 11 is 0. The summed E-state index contributed by atoms with van der Waals surface area (Å²) in [6.45, 7) is 5.47. The molecule has 0 spiro atoms. The van der Waals surface area contributed by atoms with E-state index in [0.717, 1.165) is 26.2 Å². The number of hydrazine groups is 1. The Morgan fingerprint density at radius 2 is 1.89 bits per heavy atom. The standard InChI is InChI=1S/C11H22N4O3/c1-9(16)13-10(11(17)18-3)8-12-15-6-4-14(2)5-7-15/h10,12H,4-8H2,1-3H3,(H,13,16). The molecule has 18 heavy (non-hydrogen) atoms. The Kier molecular flexibility index (Phi) is 6.03. The van der Waals surface area contributed by atoms with Gasteiger partial charge >= 0.3 is 5.97 Å². The molecule has 0 radical (unpaired) electrons. The molecule has 7 heteroatoms. The number of methoxy groups -OCH3 is 1. The van der Waals surface area contributed by atoms with E-state index in [1.165, 1.54) is 14.0 Å². The lowest BCUT2D eigenvalue weighted by molar-refractivity contribution is -0.145. The van der Waals surface area contributed by atoms with Gasteiger partial charge in [-0.2, -0.15) is 0 Å². The zero-order chi connectivity index (χ0) is 13.5. The summed E-state index contributed by atoms with van der Waals surface area (Å²) in [6.07, 6.45) is 0. The lowest BCUT2D eigenvalue weighted by Crippen LogP contribution is -2.55. The second-order valence-corrected chi connectivity index (χ2v) is 4.43. The largest absolute Gasteiger partial charge is 0.467 e. The highest BCUT2D eigenvalue weighted by Gasteiger charge is 2.21. The molecule has 7 nitrogen and oxygen atoms in total. The van der Waals surface area contributed by atoms with Crippen LogP contribution >= 0.6 is 0 Å².